The highest BCUT2D eigenvalue weighted by molar-refractivity contribution is 5.96. The molecule has 0 radical (unpaired) electrons. The molecule has 1 aromatic carbocycles. The zero-order valence-corrected chi connectivity index (χ0v) is 13.1. The van der Waals surface area contributed by atoms with Crippen LogP contribution in [-0.4, -0.2) is 11.9 Å². The van der Waals surface area contributed by atoms with Crippen LogP contribution in [0.5, 0.6) is 0 Å². The van der Waals surface area contributed by atoms with Gasteiger partial charge in [0.25, 0.3) is 5.91 Å². The minimum Gasteiger partial charge on any atom is -0.349 e. The van der Waals surface area contributed by atoms with Gasteiger partial charge in [-0.1, -0.05) is 12.1 Å². The van der Waals surface area contributed by atoms with E-state index in [1.54, 1.807) is 0 Å². The molecular weight excluding hydrogens is 258 g/mol. The highest BCUT2D eigenvalue weighted by Gasteiger charge is 2.48. The average Bonchev–Trinajstić information content (AvgIpc) is 2.45. The first-order valence-corrected chi connectivity index (χ1v) is 8.49. The van der Waals surface area contributed by atoms with Crippen molar-refractivity contribution in [1.82, 2.24) is 5.32 Å². The molecule has 0 unspecified atom stereocenters. The Morgan fingerprint density at radius 2 is 1.62 bits per heavy atom. The number of carbonyl (C=O) groups is 1. The summed E-state index contributed by atoms with van der Waals surface area (Å²) in [5, 5.41) is 3.41. The molecule has 0 saturated heterocycles. The number of nitrogens with one attached hydrogen (secondary N) is 1. The zero-order valence-electron chi connectivity index (χ0n) is 13.1. The van der Waals surface area contributed by atoms with Crippen molar-refractivity contribution in [2.45, 2.75) is 52.0 Å². The first-order chi connectivity index (χ1) is 10.1. The van der Waals surface area contributed by atoms with Crippen LogP contribution in [0.1, 0.15) is 53.6 Å². The second kappa shape index (κ2) is 4.86. The Hall–Kier alpha value is -1.31. The predicted octanol–water partition coefficient (Wildman–Crippen LogP) is 3.86. The molecule has 1 aromatic rings. The van der Waals surface area contributed by atoms with Gasteiger partial charge in [-0.2, -0.15) is 0 Å². The summed E-state index contributed by atoms with van der Waals surface area (Å²) < 4.78 is 0. The summed E-state index contributed by atoms with van der Waals surface area (Å²) in [6.45, 7) is 4.14. The van der Waals surface area contributed by atoms with Gasteiger partial charge in [0.05, 0.1) is 0 Å². The Balaban J connectivity index is 1.53. The molecule has 4 saturated carbocycles. The van der Waals surface area contributed by atoms with E-state index >= 15 is 0 Å². The van der Waals surface area contributed by atoms with Crippen LogP contribution in [0.3, 0.4) is 0 Å². The van der Waals surface area contributed by atoms with Gasteiger partial charge in [-0.25, -0.2) is 0 Å². The van der Waals surface area contributed by atoms with Gasteiger partial charge in [0.15, 0.2) is 0 Å². The molecule has 1 N–H and O–H groups in total. The van der Waals surface area contributed by atoms with Gasteiger partial charge < -0.3 is 5.32 Å². The fourth-order valence-corrected chi connectivity index (χ4v) is 5.39. The maximum atomic E-state index is 12.7. The van der Waals surface area contributed by atoms with Crippen LogP contribution in [0, 0.1) is 37.5 Å². The normalized spacial score (nSPS) is 36.8. The third kappa shape index (κ3) is 2.20. The van der Waals surface area contributed by atoms with Crippen LogP contribution < -0.4 is 5.32 Å². The summed E-state index contributed by atoms with van der Waals surface area (Å²) in [6, 6.07) is 6.47. The molecule has 112 valence electrons. The van der Waals surface area contributed by atoms with Crippen LogP contribution in [0.2, 0.25) is 0 Å². The van der Waals surface area contributed by atoms with Crippen molar-refractivity contribution in [3.05, 3.63) is 34.9 Å². The molecule has 2 heteroatoms. The molecule has 4 bridgehead atoms. The van der Waals surface area contributed by atoms with E-state index < -0.39 is 0 Å². The molecule has 2 nitrogen and oxygen atoms in total. The Morgan fingerprint density at radius 3 is 2.24 bits per heavy atom. The van der Waals surface area contributed by atoms with E-state index in [1.807, 2.05) is 12.1 Å². The lowest BCUT2D eigenvalue weighted by atomic mass is 9.54. The highest BCUT2D eigenvalue weighted by atomic mass is 16.1. The first-order valence-electron chi connectivity index (χ1n) is 8.49. The van der Waals surface area contributed by atoms with Crippen LogP contribution in [-0.2, 0) is 0 Å². The van der Waals surface area contributed by atoms with Crippen molar-refractivity contribution in [3.63, 3.8) is 0 Å². The fourth-order valence-electron chi connectivity index (χ4n) is 5.39. The van der Waals surface area contributed by atoms with Crippen LogP contribution in [0.25, 0.3) is 0 Å². The van der Waals surface area contributed by atoms with Gasteiger partial charge in [0.1, 0.15) is 0 Å². The Labute approximate surface area is 127 Å². The minimum atomic E-state index is 0.147. The maximum absolute atomic E-state index is 12.7. The van der Waals surface area contributed by atoms with Gasteiger partial charge in [-0.3, -0.25) is 4.79 Å². The van der Waals surface area contributed by atoms with Gasteiger partial charge in [0, 0.05) is 11.6 Å². The van der Waals surface area contributed by atoms with Gasteiger partial charge >= 0.3 is 0 Å². The van der Waals surface area contributed by atoms with Crippen molar-refractivity contribution in [2.75, 3.05) is 0 Å². The van der Waals surface area contributed by atoms with Gasteiger partial charge in [-0.15, -0.1) is 0 Å². The largest absolute Gasteiger partial charge is 0.349 e. The molecule has 0 atom stereocenters. The van der Waals surface area contributed by atoms with Gasteiger partial charge in [0.2, 0.25) is 0 Å². The number of rotatable bonds is 2. The Bertz CT molecular complexity index is 549. The molecule has 21 heavy (non-hydrogen) atoms. The minimum absolute atomic E-state index is 0.147. The van der Waals surface area contributed by atoms with Crippen molar-refractivity contribution in [1.29, 1.82) is 0 Å². The molecule has 4 aliphatic carbocycles. The molecule has 1 amide bonds. The number of hydrogen-bond acceptors (Lipinski definition) is 1. The van der Waals surface area contributed by atoms with Crippen LogP contribution >= 0.6 is 0 Å². The number of benzene rings is 1. The summed E-state index contributed by atoms with van der Waals surface area (Å²) in [4.78, 5) is 12.7. The summed E-state index contributed by atoms with van der Waals surface area (Å²) in [7, 11) is 0. The number of aryl methyl sites for hydroxylation is 1. The molecule has 5 rings (SSSR count). The smallest absolute Gasteiger partial charge is 0.251 e. The van der Waals surface area contributed by atoms with E-state index in [1.165, 1.54) is 37.7 Å². The van der Waals surface area contributed by atoms with Crippen molar-refractivity contribution >= 4 is 5.91 Å². The van der Waals surface area contributed by atoms with Gasteiger partial charge in [-0.05, 0) is 86.8 Å². The van der Waals surface area contributed by atoms with Crippen molar-refractivity contribution < 1.29 is 4.79 Å². The standard InChI is InChI=1S/C19H25NO/c1-11-4-3-5-17(12(11)2)19(21)20-18-15-7-13-6-14(9-15)10-16(18)8-13/h3-5,13-16,18H,6-10H2,1-2H3,(H,20,21). The number of carbonyl (C=O) groups excluding carboxylic acids is 1. The third-order valence-corrected chi connectivity index (χ3v) is 6.37. The summed E-state index contributed by atoms with van der Waals surface area (Å²) in [5.74, 6) is 3.56. The monoisotopic (exact) mass is 283 g/mol. The van der Waals surface area contributed by atoms with Crippen molar-refractivity contribution in [2.24, 2.45) is 23.7 Å². The maximum Gasteiger partial charge on any atom is 0.251 e. The van der Waals surface area contributed by atoms with E-state index in [9.17, 15) is 4.79 Å². The highest BCUT2D eigenvalue weighted by Crippen LogP contribution is 2.53. The number of amides is 1. The fraction of sp³-hybridized carbons (Fsp3) is 0.632. The Morgan fingerprint density at radius 1 is 1.00 bits per heavy atom. The molecule has 0 heterocycles. The lowest BCUT2D eigenvalue weighted by Gasteiger charge is -2.54. The SMILES string of the molecule is Cc1cccc(C(=O)NC2C3CC4CC(C3)CC2C4)c1C. The quantitative estimate of drug-likeness (QED) is 0.877. The predicted molar refractivity (Wildman–Crippen MR) is 84.2 cm³/mol. The zero-order chi connectivity index (χ0) is 14.6. The van der Waals surface area contributed by atoms with Crippen LogP contribution in [0.4, 0.5) is 0 Å². The summed E-state index contributed by atoms with van der Waals surface area (Å²) in [6.07, 6.45) is 6.87. The van der Waals surface area contributed by atoms with E-state index in [0.717, 1.165) is 34.8 Å². The number of hydrogen-bond donors (Lipinski definition) is 1. The molecule has 0 spiro atoms. The lowest BCUT2D eigenvalue weighted by molar-refractivity contribution is -0.0119. The summed E-state index contributed by atoms with van der Waals surface area (Å²) in [5.41, 5.74) is 3.19. The van der Waals surface area contributed by atoms with Crippen molar-refractivity contribution in [3.8, 4) is 0 Å². The molecule has 4 fully saturated rings. The summed E-state index contributed by atoms with van der Waals surface area (Å²) >= 11 is 0. The van der Waals surface area contributed by atoms with E-state index in [2.05, 4.69) is 25.2 Å². The van der Waals surface area contributed by atoms with E-state index in [4.69, 9.17) is 0 Å². The Kier molecular flexibility index (Phi) is 3.09. The molecule has 0 aromatic heterocycles. The molecule has 0 aliphatic heterocycles. The van der Waals surface area contributed by atoms with E-state index in [-0.39, 0.29) is 5.91 Å². The lowest BCUT2D eigenvalue weighted by Crippen LogP contribution is -2.55. The molecular formula is C19H25NO. The molecule has 4 aliphatic rings. The average molecular weight is 283 g/mol. The van der Waals surface area contributed by atoms with E-state index in [0.29, 0.717) is 6.04 Å². The second-order valence-electron chi connectivity index (χ2n) is 7.68. The topological polar surface area (TPSA) is 29.1 Å². The second-order valence-corrected chi connectivity index (χ2v) is 7.68. The van der Waals surface area contributed by atoms with Crippen LogP contribution in [0.15, 0.2) is 18.2 Å². The first kappa shape index (κ1) is 13.4. The third-order valence-electron chi connectivity index (χ3n) is 6.37.